The lowest BCUT2D eigenvalue weighted by Gasteiger charge is -2.11. The fraction of sp³-hybridized carbons (Fsp3) is 0.211. The summed E-state index contributed by atoms with van der Waals surface area (Å²) < 4.78 is 7.07. The molecule has 3 rings (SSSR count). The van der Waals surface area contributed by atoms with Crippen molar-refractivity contribution in [3.63, 3.8) is 0 Å². The first-order chi connectivity index (χ1) is 11.7. The molecule has 0 fully saturated rings. The van der Waals surface area contributed by atoms with Crippen molar-refractivity contribution in [2.75, 3.05) is 7.05 Å². The Morgan fingerprint density at radius 2 is 2.00 bits per heavy atom. The Morgan fingerprint density at radius 1 is 1.21 bits per heavy atom. The summed E-state index contributed by atoms with van der Waals surface area (Å²) in [6.07, 6.45) is 0. The molecular weight excluding hydrogens is 384 g/mol. The van der Waals surface area contributed by atoms with Crippen molar-refractivity contribution in [3.8, 4) is 17.0 Å². The molecule has 0 aliphatic carbocycles. The largest absolute Gasteiger partial charge is 0.488 e. The Morgan fingerprint density at radius 3 is 2.75 bits per heavy atom. The molecule has 1 aromatic heterocycles. The topological polar surface area (TPSA) is 34.2 Å². The van der Waals surface area contributed by atoms with E-state index in [-0.39, 0.29) is 6.04 Å². The zero-order valence-electron chi connectivity index (χ0n) is 13.6. The van der Waals surface area contributed by atoms with Crippen LogP contribution in [0.1, 0.15) is 23.5 Å². The maximum absolute atomic E-state index is 6.06. The Labute approximate surface area is 154 Å². The van der Waals surface area contributed by atoms with Crippen LogP contribution in [-0.2, 0) is 6.61 Å². The lowest BCUT2D eigenvalue weighted by Crippen LogP contribution is -2.11. The molecule has 0 saturated heterocycles. The van der Waals surface area contributed by atoms with Crippen LogP contribution in [0.5, 0.6) is 5.75 Å². The van der Waals surface area contributed by atoms with Crippen LogP contribution in [0, 0.1) is 0 Å². The summed E-state index contributed by atoms with van der Waals surface area (Å²) in [6, 6.07) is 16.5. The van der Waals surface area contributed by atoms with Crippen molar-refractivity contribution in [3.05, 3.63) is 69.0 Å². The first kappa shape index (κ1) is 17.1. The van der Waals surface area contributed by atoms with E-state index >= 15 is 0 Å². The van der Waals surface area contributed by atoms with Gasteiger partial charge in [-0.25, -0.2) is 4.98 Å². The molecule has 1 atom stereocenters. The first-order valence-electron chi connectivity index (χ1n) is 7.76. The van der Waals surface area contributed by atoms with E-state index in [1.54, 1.807) is 11.3 Å². The smallest absolute Gasteiger partial charge is 0.129 e. The van der Waals surface area contributed by atoms with Gasteiger partial charge in [-0.15, -0.1) is 11.3 Å². The number of nitrogens with one attached hydrogen (secondary N) is 1. The number of benzene rings is 2. The number of halogens is 1. The minimum absolute atomic E-state index is 0.240. The minimum atomic E-state index is 0.240. The van der Waals surface area contributed by atoms with Gasteiger partial charge in [0.25, 0.3) is 0 Å². The molecule has 0 aliphatic heterocycles. The Balaban J connectivity index is 1.87. The van der Waals surface area contributed by atoms with Crippen LogP contribution in [0.4, 0.5) is 0 Å². The molecular formula is C19H19BrN2OS. The Kier molecular flexibility index (Phi) is 5.66. The molecule has 0 spiro atoms. The molecule has 0 amide bonds. The summed E-state index contributed by atoms with van der Waals surface area (Å²) in [4.78, 5) is 4.76. The van der Waals surface area contributed by atoms with Crippen LogP contribution in [0.3, 0.4) is 0 Å². The monoisotopic (exact) mass is 402 g/mol. The van der Waals surface area contributed by atoms with Gasteiger partial charge in [0, 0.05) is 15.4 Å². The second-order valence-corrected chi connectivity index (χ2v) is 7.30. The zero-order chi connectivity index (χ0) is 16.9. The molecule has 24 heavy (non-hydrogen) atoms. The van der Waals surface area contributed by atoms with E-state index in [1.807, 2.05) is 37.4 Å². The molecule has 2 aromatic carbocycles. The summed E-state index contributed by atoms with van der Waals surface area (Å²) in [7, 11) is 1.94. The van der Waals surface area contributed by atoms with E-state index < -0.39 is 0 Å². The van der Waals surface area contributed by atoms with E-state index in [0.717, 1.165) is 32.1 Å². The number of hydrogen-bond donors (Lipinski definition) is 1. The molecule has 3 nitrogen and oxygen atoms in total. The molecule has 124 valence electrons. The van der Waals surface area contributed by atoms with Gasteiger partial charge in [0.1, 0.15) is 17.4 Å². The number of nitrogens with zero attached hydrogens (tertiary/aromatic N) is 1. The van der Waals surface area contributed by atoms with Gasteiger partial charge >= 0.3 is 0 Å². The SMILES string of the molecule is CNC(C)c1nc(-c2cc(Br)ccc2OCc2ccccc2)cs1. The molecule has 3 aromatic rings. The average molecular weight is 403 g/mol. The highest BCUT2D eigenvalue weighted by molar-refractivity contribution is 9.10. The maximum Gasteiger partial charge on any atom is 0.129 e. The van der Waals surface area contributed by atoms with E-state index in [0.29, 0.717) is 6.61 Å². The highest BCUT2D eigenvalue weighted by atomic mass is 79.9. The first-order valence-corrected chi connectivity index (χ1v) is 9.44. The van der Waals surface area contributed by atoms with Gasteiger partial charge in [0.2, 0.25) is 0 Å². The van der Waals surface area contributed by atoms with Gasteiger partial charge in [0.15, 0.2) is 0 Å². The summed E-state index contributed by atoms with van der Waals surface area (Å²) in [5.74, 6) is 0.844. The molecule has 5 heteroatoms. The van der Waals surface area contributed by atoms with Gasteiger partial charge in [-0.05, 0) is 37.7 Å². The normalized spacial score (nSPS) is 12.1. The van der Waals surface area contributed by atoms with Gasteiger partial charge in [-0.1, -0.05) is 46.3 Å². The van der Waals surface area contributed by atoms with Gasteiger partial charge < -0.3 is 10.1 Å². The fourth-order valence-electron chi connectivity index (χ4n) is 2.30. The van der Waals surface area contributed by atoms with Crippen LogP contribution in [-0.4, -0.2) is 12.0 Å². The molecule has 1 N–H and O–H groups in total. The molecule has 0 saturated carbocycles. The number of rotatable bonds is 6. The predicted octanol–water partition coefficient (Wildman–Crippen LogP) is 5.43. The van der Waals surface area contributed by atoms with E-state index in [1.165, 1.54) is 0 Å². The van der Waals surface area contributed by atoms with E-state index in [9.17, 15) is 0 Å². The predicted molar refractivity (Wildman–Crippen MR) is 103 cm³/mol. The molecule has 0 bridgehead atoms. The molecule has 1 unspecified atom stereocenters. The number of ether oxygens (including phenoxy) is 1. The van der Waals surface area contributed by atoms with Crippen molar-refractivity contribution in [1.82, 2.24) is 10.3 Å². The van der Waals surface area contributed by atoms with E-state index in [2.05, 4.69) is 51.7 Å². The second kappa shape index (κ2) is 7.92. The van der Waals surface area contributed by atoms with Crippen LogP contribution in [0.2, 0.25) is 0 Å². The molecule has 0 aliphatic rings. The fourth-order valence-corrected chi connectivity index (χ4v) is 3.54. The highest BCUT2D eigenvalue weighted by Crippen LogP contribution is 2.34. The lowest BCUT2D eigenvalue weighted by atomic mass is 10.1. The van der Waals surface area contributed by atoms with Gasteiger partial charge in [0.05, 0.1) is 11.7 Å². The van der Waals surface area contributed by atoms with Crippen molar-refractivity contribution in [2.45, 2.75) is 19.6 Å². The third-order valence-corrected chi connectivity index (χ3v) is 5.30. The van der Waals surface area contributed by atoms with Crippen LogP contribution in [0.15, 0.2) is 58.4 Å². The summed E-state index contributed by atoms with van der Waals surface area (Å²) in [5.41, 5.74) is 3.10. The van der Waals surface area contributed by atoms with Crippen molar-refractivity contribution in [2.24, 2.45) is 0 Å². The Bertz CT molecular complexity index is 804. The highest BCUT2D eigenvalue weighted by Gasteiger charge is 2.14. The summed E-state index contributed by atoms with van der Waals surface area (Å²) in [5, 5.41) is 6.38. The maximum atomic E-state index is 6.06. The minimum Gasteiger partial charge on any atom is -0.488 e. The summed E-state index contributed by atoms with van der Waals surface area (Å²) in [6.45, 7) is 2.65. The number of hydrogen-bond acceptors (Lipinski definition) is 4. The third-order valence-electron chi connectivity index (χ3n) is 3.78. The number of thiazole rings is 1. The summed E-state index contributed by atoms with van der Waals surface area (Å²) >= 11 is 5.21. The Hall–Kier alpha value is -1.69. The average Bonchev–Trinajstić information content (AvgIpc) is 3.11. The molecule has 0 radical (unpaired) electrons. The van der Waals surface area contributed by atoms with Crippen molar-refractivity contribution < 1.29 is 4.74 Å². The van der Waals surface area contributed by atoms with Gasteiger partial charge in [-0.3, -0.25) is 0 Å². The van der Waals surface area contributed by atoms with Crippen LogP contribution < -0.4 is 10.1 Å². The quantitative estimate of drug-likeness (QED) is 0.596. The van der Waals surface area contributed by atoms with Crippen molar-refractivity contribution in [1.29, 1.82) is 0 Å². The standard InChI is InChI=1S/C19H19BrN2OS/c1-13(21-2)19-22-17(12-24-19)16-10-15(20)8-9-18(16)23-11-14-6-4-3-5-7-14/h3-10,12-13,21H,11H2,1-2H3. The van der Waals surface area contributed by atoms with Gasteiger partial charge in [-0.2, -0.15) is 0 Å². The van der Waals surface area contributed by atoms with Crippen molar-refractivity contribution >= 4 is 27.3 Å². The van der Waals surface area contributed by atoms with Crippen LogP contribution >= 0.6 is 27.3 Å². The zero-order valence-corrected chi connectivity index (χ0v) is 16.0. The van der Waals surface area contributed by atoms with Crippen LogP contribution in [0.25, 0.3) is 11.3 Å². The second-order valence-electron chi connectivity index (χ2n) is 5.50. The third kappa shape index (κ3) is 4.04. The lowest BCUT2D eigenvalue weighted by molar-refractivity contribution is 0.307. The van der Waals surface area contributed by atoms with E-state index in [4.69, 9.17) is 9.72 Å². The molecule has 1 heterocycles. The number of aromatic nitrogens is 1.